The van der Waals surface area contributed by atoms with Crippen LogP contribution in [0.15, 0.2) is 24.5 Å². The van der Waals surface area contributed by atoms with Crippen LogP contribution in [0.25, 0.3) is 0 Å². The molecule has 0 saturated carbocycles. The molecular weight excluding hydrogens is 208 g/mol. The molecule has 0 aliphatic heterocycles. The summed E-state index contributed by atoms with van der Waals surface area (Å²) in [5, 5.41) is 0. The van der Waals surface area contributed by atoms with E-state index in [0.29, 0.717) is 0 Å². The van der Waals surface area contributed by atoms with Gasteiger partial charge in [-0.3, -0.25) is 14.1 Å². The molecule has 0 fully saturated rings. The van der Waals surface area contributed by atoms with E-state index >= 15 is 0 Å². The summed E-state index contributed by atoms with van der Waals surface area (Å²) in [5.74, 6) is 0. The van der Waals surface area contributed by atoms with Crippen molar-refractivity contribution in [2.45, 2.75) is 0 Å². The van der Waals surface area contributed by atoms with E-state index in [1.807, 2.05) is 31.1 Å². The maximum Gasteiger partial charge on any atom is 0.394 e. The third-order valence-electron chi connectivity index (χ3n) is 1.18. The summed E-state index contributed by atoms with van der Waals surface area (Å²) in [6.07, 6.45) is 3.57. The molecule has 1 aromatic heterocycles. The average Bonchev–Trinajstić information content (AvgIpc) is 2.03. The molecule has 0 aliphatic rings. The molecule has 0 bridgehead atoms. The molecule has 0 atom stereocenters. The number of rotatable bonds is 1. The lowest BCUT2D eigenvalue weighted by atomic mass is 10.4. The van der Waals surface area contributed by atoms with Crippen LogP contribution in [0.4, 0.5) is 5.69 Å². The van der Waals surface area contributed by atoms with Gasteiger partial charge in [-0.2, -0.15) is 8.42 Å². The molecule has 0 aliphatic carbocycles. The highest BCUT2D eigenvalue weighted by atomic mass is 32.3. The van der Waals surface area contributed by atoms with E-state index in [-0.39, 0.29) is 0 Å². The van der Waals surface area contributed by atoms with E-state index in [1.165, 1.54) is 5.69 Å². The van der Waals surface area contributed by atoms with Crippen molar-refractivity contribution in [1.29, 1.82) is 0 Å². The van der Waals surface area contributed by atoms with Gasteiger partial charge < -0.3 is 4.90 Å². The highest BCUT2D eigenvalue weighted by molar-refractivity contribution is 7.79. The Morgan fingerprint density at radius 3 is 1.79 bits per heavy atom. The summed E-state index contributed by atoms with van der Waals surface area (Å²) in [5.41, 5.74) is 1.19. The van der Waals surface area contributed by atoms with Gasteiger partial charge in [0.2, 0.25) is 0 Å². The zero-order valence-corrected chi connectivity index (χ0v) is 8.64. The maximum atomic E-state index is 8.74. The van der Waals surface area contributed by atoms with Crippen LogP contribution in [0.5, 0.6) is 0 Å². The maximum absolute atomic E-state index is 8.74. The normalized spacial score (nSPS) is 10.0. The molecule has 14 heavy (non-hydrogen) atoms. The van der Waals surface area contributed by atoms with Gasteiger partial charge in [0.1, 0.15) is 0 Å². The number of anilines is 1. The fourth-order valence-corrected chi connectivity index (χ4v) is 0.642. The SMILES string of the molecule is CN(C)c1ccncc1.O=S(=O)(O)O. The van der Waals surface area contributed by atoms with E-state index in [1.54, 1.807) is 12.4 Å². The predicted octanol–water partition coefficient (Wildman–Crippen LogP) is 0.495. The highest BCUT2D eigenvalue weighted by Crippen LogP contribution is 2.05. The van der Waals surface area contributed by atoms with Gasteiger partial charge in [-0.25, -0.2) is 0 Å². The number of nitrogens with zero attached hydrogens (tertiary/aromatic N) is 2. The fraction of sp³-hybridized carbons (Fsp3) is 0.286. The molecule has 0 aromatic carbocycles. The second-order valence-corrected chi connectivity index (χ2v) is 3.44. The van der Waals surface area contributed by atoms with Crippen molar-refractivity contribution >= 4 is 16.1 Å². The van der Waals surface area contributed by atoms with Crippen LogP contribution in [-0.4, -0.2) is 36.6 Å². The molecule has 6 nitrogen and oxygen atoms in total. The molecule has 2 N–H and O–H groups in total. The Hall–Kier alpha value is -1.18. The molecule has 80 valence electrons. The predicted molar refractivity (Wildman–Crippen MR) is 52.7 cm³/mol. The van der Waals surface area contributed by atoms with E-state index in [2.05, 4.69) is 4.98 Å². The summed E-state index contributed by atoms with van der Waals surface area (Å²) in [4.78, 5) is 5.94. The van der Waals surface area contributed by atoms with E-state index < -0.39 is 10.4 Å². The lowest BCUT2D eigenvalue weighted by Gasteiger charge is -2.10. The third-order valence-corrected chi connectivity index (χ3v) is 1.18. The Bertz CT molecular complexity index is 341. The van der Waals surface area contributed by atoms with Gasteiger partial charge in [-0.15, -0.1) is 0 Å². The summed E-state index contributed by atoms with van der Waals surface area (Å²) < 4.78 is 31.6. The minimum absolute atomic E-state index is 1.19. The fourth-order valence-electron chi connectivity index (χ4n) is 0.642. The first-order valence-electron chi connectivity index (χ1n) is 3.58. The average molecular weight is 220 g/mol. The van der Waals surface area contributed by atoms with E-state index in [4.69, 9.17) is 17.5 Å². The second-order valence-electron chi connectivity index (χ2n) is 2.55. The van der Waals surface area contributed by atoms with Crippen molar-refractivity contribution in [2.24, 2.45) is 0 Å². The number of aromatic nitrogens is 1. The van der Waals surface area contributed by atoms with Gasteiger partial charge in [-0.05, 0) is 12.1 Å². The van der Waals surface area contributed by atoms with Crippen LogP contribution >= 0.6 is 0 Å². The first-order chi connectivity index (χ1) is 6.30. The number of pyridine rings is 1. The number of hydrogen-bond acceptors (Lipinski definition) is 4. The zero-order chi connectivity index (χ0) is 11.2. The molecular formula is C7H12N2O4S. The topological polar surface area (TPSA) is 90.7 Å². The van der Waals surface area contributed by atoms with Gasteiger partial charge in [-0.1, -0.05) is 0 Å². The van der Waals surface area contributed by atoms with Crippen LogP contribution < -0.4 is 4.90 Å². The summed E-state index contributed by atoms with van der Waals surface area (Å²) in [7, 11) is -0.648. The van der Waals surface area contributed by atoms with Gasteiger partial charge >= 0.3 is 10.4 Å². The van der Waals surface area contributed by atoms with Crippen LogP contribution in [0.1, 0.15) is 0 Å². The van der Waals surface area contributed by atoms with Crippen molar-refractivity contribution in [3.05, 3.63) is 24.5 Å². The van der Waals surface area contributed by atoms with Crippen molar-refractivity contribution < 1.29 is 17.5 Å². The molecule has 7 heteroatoms. The van der Waals surface area contributed by atoms with Crippen molar-refractivity contribution in [3.8, 4) is 0 Å². The monoisotopic (exact) mass is 220 g/mol. The molecule has 1 rings (SSSR count). The largest absolute Gasteiger partial charge is 0.394 e. The standard InChI is InChI=1S/C7H10N2.H2O4S/c1-9(2)7-3-5-8-6-4-7;1-5(2,3)4/h3-6H,1-2H3;(H2,1,2,3,4). The molecule has 0 saturated heterocycles. The number of hydrogen-bond donors (Lipinski definition) is 2. The van der Waals surface area contributed by atoms with E-state index in [0.717, 1.165) is 0 Å². The Kier molecular flexibility index (Phi) is 5.06. The molecule has 0 amide bonds. The van der Waals surface area contributed by atoms with Crippen LogP contribution in [0.3, 0.4) is 0 Å². The minimum atomic E-state index is -4.67. The van der Waals surface area contributed by atoms with Crippen molar-refractivity contribution in [1.82, 2.24) is 4.98 Å². The molecule has 1 heterocycles. The summed E-state index contributed by atoms with van der Waals surface area (Å²) in [6, 6.07) is 3.94. The Balaban J connectivity index is 0.000000292. The lowest BCUT2D eigenvalue weighted by molar-refractivity contribution is 0.381. The van der Waals surface area contributed by atoms with E-state index in [9.17, 15) is 0 Å². The van der Waals surface area contributed by atoms with Gasteiger partial charge in [0, 0.05) is 32.2 Å². The summed E-state index contributed by atoms with van der Waals surface area (Å²) >= 11 is 0. The Morgan fingerprint density at radius 2 is 1.57 bits per heavy atom. The molecule has 1 aromatic rings. The molecule has 0 radical (unpaired) electrons. The lowest BCUT2D eigenvalue weighted by Crippen LogP contribution is -2.07. The second kappa shape index (κ2) is 5.53. The van der Waals surface area contributed by atoms with Gasteiger partial charge in [0.05, 0.1) is 0 Å². The summed E-state index contributed by atoms with van der Waals surface area (Å²) in [6.45, 7) is 0. The Labute approximate surface area is 82.8 Å². The Morgan fingerprint density at radius 1 is 1.21 bits per heavy atom. The third kappa shape index (κ3) is 8.91. The quantitative estimate of drug-likeness (QED) is 0.669. The molecule has 0 unspecified atom stereocenters. The van der Waals surface area contributed by atoms with Gasteiger partial charge in [0.25, 0.3) is 0 Å². The van der Waals surface area contributed by atoms with Crippen LogP contribution in [0, 0.1) is 0 Å². The zero-order valence-electron chi connectivity index (χ0n) is 7.82. The first-order valence-corrected chi connectivity index (χ1v) is 4.97. The minimum Gasteiger partial charge on any atom is -0.378 e. The van der Waals surface area contributed by atoms with Gasteiger partial charge in [0.15, 0.2) is 0 Å². The van der Waals surface area contributed by atoms with Crippen LogP contribution in [0.2, 0.25) is 0 Å². The smallest absolute Gasteiger partial charge is 0.378 e. The van der Waals surface area contributed by atoms with Crippen molar-refractivity contribution in [2.75, 3.05) is 19.0 Å². The van der Waals surface area contributed by atoms with Crippen LogP contribution in [-0.2, 0) is 10.4 Å². The first kappa shape index (κ1) is 12.8. The highest BCUT2D eigenvalue weighted by Gasteiger charge is 1.88. The van der Waals surface area contributed by atoms with Crippen molar-refractivity contribution in [3.63, 3.8) is 0 Å². The molecule has 0 spiro atoms.